The van der Waals surface area contributed by atoms with Gasteiger partial charge < -0.3 is 0 Å². The molecular weight excluding hydrogens is 380 g/mol. The van der Waals surface area contributed by atoms with Crippen LogP contribution >= 0.6 is 11.3 Å². The highest BCUT2D eigenvalue weighted by Crippen LogP contribution is 2.37. The molecule has 6 nitrogen and oxygen atoms in total. The van der Waals surface area contributed by atoms with Crippen LogP contribution in [-0.2, 0) is 16.4 Å². The fourth-order valence-electron chi connectivity index (χ4n) is 3.38. The predicted octanol–water partition coefficient (Wildman–Crippen LogP) is 3.96. The topological polar surface area (TPSA) is 74.3 Å². The van der Waals surface area contributed by atoms with Crippen LogP contribution < -0.4 is 15.2 Å². The number of hydrazine groups is 1. The van der Waals surface area contributed by atoms with Gasteiger partial charge in [0.1, 0.15) is 0 Å². The molecule has 1 aromatic heterocycles. The van der Waals surface area contributed by atoms with Gasteiger partial charge in [0.15, 0.2) is 0 Å². The number of aromatic nitrogens is 1. The lowest BCUT2D eigenvalue weighted by Gasteiger charge is -2.21. The molecular formula is C19H20N4O2S2. The molecule has 1 atom stereocenters. The molecule has 0 aliphatic carbocycles. The maximum absolute atomic E-state index is 12.1. The lowest BCUT2D eigenvalue weighted by atomic mass is 10.1. The number of nitrogens with zero attached hydrogens (tertiary/aromatic N) is 2. The summed E-state index contributed by atoms with van der Waals surface area (Å²) in [6.07, 6.45) is 1.96. The molecule has 0 spiro atoms. The summed E-state index contributed by atoms with van der Waals surface area (Å²) in [6.45, 7) is 1.93. The molecule has 3 aromatic rings. The van der Waals surface area contributed by atoms with Gasteiger partial charge in [-0.3, -0.25) is 15.2 Å². The number of thiazole rings is 1. The highest BCUT2D eigenvalue weighted by Gasteiger charge is 2.32. The van der Waals surface area contributed by atoms with Crippen molar-refractivity contribution in [3.63, 3.8) is 0 Å². The Balaban J connectivity index is 1.54. The van der Waals surface area contributed by atoms with Gasteiger partial charge in [-0.05, 0) is 43.2 Å². The number of hydrogen-bond donors (Lipinski definition) is 2. The largest absolute Gasteiger partial charge is 0.299 e. The smallest absolute Gasteiger partial charge is 0.232 e. The minimum absolute atomic E-state index is 0.0621. The maximum atomic E-state index is 12.1. The number of anilines is 3. The summed E-state index contributed by atoms with van der Waals surface area (Å²) in [5.41, 5.74) is 10.8. The van der Waals surface area contributed by atoms with Crippen LogP contribution in [0, 0.1) is 0 Å². The minimum atomic E-state index is -3.27. The molecule has 0 bridgehead atoms. The van der Waals surface area contributed by atoms with Crippen molar-refractivity contribution in [2.45, 2.75) is 19.4 Å². The molecule has 2 N–H and O–H groups in total. The Labute approximate surface area is 162 Å². The van der Waals surface area contributed by atoms with Gasteiger partial charge >= 0.3 is 0 Å². The van der Waals surface area contributed by atoms with E-state index in [0.717, 1.165) is 33.3 Å². The molecule has 1 aliphatic rings. The second-order valence-electron chi connectivity index (χ2n) is 6.61. The third kappa shape index (κ3) is 3.63. The molecule has 0 fully saturated rings. The second-order valence-corrected chi connectivity index (χ2v) is 9.33. The molecule has 2 heterocycles. The van der Waals surface area contributed by atoms with Crippen LogP contribution in [-0.4, -0.2) is 25.7 Å². The first-order valence-electron chi connectivity index (χ1n) is 8.57. The predicted molar refractivity (Wildman–Crippen MR) is 112 cm³/mol. The lowest BCUT2D eigenvalue weighted by Crippen LogP contribution is -2.34. The standard InChI is InChI=1S/C19H20N4O2S2/c1-13-10-15-11-14(8-9-18(15)23(13)27(2,24)25)17-12-26-19(20-17)22-21-16-6-4-3-5-7-16/h3-9,11-13,21H,10H2,1-2H3,(H,20,22)/t13-/m1/s1. The van der Waals surface area contributed by atoms with E-state index in [-0.39, 0.29) is 6.04 Å². The van der Waals surface area contributed by atoms with E-state index in [0.29, 0.717) is 6.42 Å². The SMILES string of the molecule is C[C@@H]1Cc2cc(-c3csc(NNc4ccccc4)n3)ccc2N1S(C)(=O)=O. The zero-order chi connectivity index (χ0) is 19.0. The van der Waals surface area contributed by atoms with Gasteiger partial charge in [-0.1, -0.05) is 24.3 Å². The molecule has 140 valence electrons. The molecule has 0 unspecified atom stereocenters. The Hall–Kier alpha value is -2.58. The maximum Gasteiger partial charge on any atom is 0.232 e. The molecule has 27 heavy (non-hydrogen) atoms. The van der Waals surface area contributed by atoms with E-state index in [1.165, 1.54) is 21.9 Å². The zero-order valence-electron chi connectivity index (χ0n) is 15.0. The van der Waals surface area contributed by atoms with E-state index in [1.807, 2.05) is 60.8 Å². The summed E-state index contributed by atoms with van der Waals surface area (Å²) in [6, 6.07) is 15.6. The van der Waals surface area contributed by atoms with E-state index in [4.69, 9.17) is 0 Å². The number of fused-ring (bicyclic) bond motifs is 1. The first kappa shape index (κ1) is 17.8. The van der Waals surface area contributed by atoms with Crippen LogP contribution in [0.2, 0.25) is 0 Å². The van der Waals surface area contributed by atoms with Gasteiger partial charge in [0.2, 0.25) is 15.2 Å². The fraction of sp³-hybridized carbons (Fsp3) is 0.211. The summed E-state index contributed by atoms with van der Waals surface area (Å²) in [5, 5.41) is 2.75. The van der Waals surface area contributed by atoms with Gasteiger partial charge in [-0.25, -0.2) is 13.4 Å². The summed E-state index contributed by atoms with van der Waals surface area (Å²) >= 11 is 1.51. The van der Waals surface area contributed by atoms with Gasteiger partial charge in [0.25, 0.3) is 0 Å². The van der Waals surface area contributed by atoms with Crippen molar-refractivity contribution >= 4 is 37.9 Å². The molecule has 2 aromatic carbocycles. The van der Waals surface area contributed by atoms with Gasteiger partial charge in [-0.15, -0.1) is 11.3 Å². The number of sulfonamides is 1. The number of para-hydroxylation sites is 1. The summed E-state index contributed by atoms with van der Waals surface area (Å²) in [7, 11) is -3.27. The van der Waals surface area contributed by atoms with Crippen molar-refractivity contribution in [3.8, 4) is 11.3 Å². The van der Waals surface area contributed by atoms with Crippen LogP contribution in [0.1, 0.15) is 12.5 Å². The number of hydrogen-bond acceptors (Lipinski definition) is 6. The van der Waals surface area contributed by atoms with Gasteiger partial charge in [-0.2, -0.15) is 0 Å². The molecule has 0 saturated carbocycles. The first-order valence-corrected chi connectivity index (χ1v) is 11.3. The molecule has 0 radical (unpaired) electrons. The Morgan fingerprint density at radius 1 is 1.15 bits per heavy atom. The van der Waals surface area contributed by atoms with Crippen LogP contribution in [0.5, 0.6) is 0 Å². The van der Waals surface area contributed by atoms with E-state index >= 15 is 0 Å². The van der Waals surface area contributed by atoms with Crippen molar-refractivity contribution in [3.05, 3.63) is 59.5 Å². The molecule has 1 aliphatic heterocycles. The monoisotopic (exact) mass is 400 g/mol. The van der Waals surface area contributed by atoms with E-state index in [2.05, 4.69) is 15.8 Å². The van der Waals surface area contributed by atoms with E-state index < -0.39 is 10.0 Å². The second kappa shape index (κ2) is 6.86. The number of benzene rings is 2. The molecule has 4 rings (SSSR count). The van der Waals surface area contributed by atoms with Crippen LogP contribution in [0.4, 0.5) is 16.5 Å². The molecule has 8 heteroatoms. The third-order valence-corrected chi connectivity index (χ3v) is 6.51. The van der Waals surface area contributed by atoms with Crippen molar-refractivity contribution in [2.24, 2.45) is 0 Å². The first-order chi connectivity index (χ1) is 12.9. The van der Waals surface area contributed by atoms with Crippen LogP contribution in [0.3, 0.4) is 0 Å². The zero-order valence-corrected chi connectivity index (χ0v) is 16.6. The Morgan fingerprint density at radius 3 is 2.67 bits per heavy atom. The quantitative estimate of drug-likeness (QED) is 0.634. The Kier molecular flexibility index (Phi) is 4.53. The van der Waals surface area contributed by atoms with Crippen molar-refractivity contribution in [1.82, 2.24) is 4.98 Å². The van der Waals surface area contributed by atoms with E-state index in [1.54, 1.807) is 0 Å². The van der Waals surface area contributed by atoms with Crippen LogP contribution in [0.15, 0.2) is 53.9 Å². The highest BCUT2D eigenvalue weighted by atomic mass is 32.2. The van der Waals surface area contributed by atoms with Crippen molar-refractivity contribution in [2.75, 3.05) is 21.4 Å². The summed E-state index contributed by atoms with van der Waals surface area (Å²) in [5.74, 6) is 0. The third-order valence-electron chi connectivity index (χ3n) is 4.48. The summed E-state index contributed by atoms with van der Waals surface area (Å²) < 4.78 is 25.6. The Morgan fingerprint density at radius 2 is 1.93 bits per heavy atom. The molecule has 0 saturated heterocycles. The van der Waals surface area contributed by atoms with Gasteiger partial charge in [0.05, 0.1) is 23.3 Å². The fourth-order valence-corrected chi connectivity index (χ4v) is 5.32. The van der Waals surface area contributed by atoms with Gasteiger partial charge in [0, 0.05) is 17.0 Å². The normalized spacial score (nSPS) is 16.2. The average molecular weight is 401 g/mol. The Bertz CT molecular complexity index is 1060. The van der Waals surface area contributed by atoms with Crippen molar-refractivity contribution < 1.29 is 8.42 Å². The average Bonchev–Trinajstić information content (AvgIpc) is 3.23. The van der Waals surface area contributed by atoms with Crippen molar-refractivity contribution in [1.29, 1.82) is 0 Å². The number of nitrogens with one attached hydrogen (secondary N) is 2. The summed E-state index contributed by atoms with van der Waals surface area (Å²) in [4.78, 5) is 4.62. The number of rotatable bonds is 5. The molecule has 0 amide bonds. The van der Waals surface area contributed by atoms with E-state index in [9.17, 15) is 8.42 Å². The minimum Gasteiger partial charge on any atom is -0.299 e. The highest BCUT2D eigenvalue weighted by molar-refractivity contribution is 7.92. The lowest BCUT2D eigenvalue weighted by molar-refractivity contribution is 0.590. The van der Waals surface area contributed by atoms with Crippen LogP contribution in [0.25, 0.3) is 11.3 Å².